The van der Waals surface area contributed by atoms with Crippen LogP contribution in [0.15, 0.2) is 41.3 Å². The predicted octanol–water partition coefficient (Wildman–Crippen LogP) is 2.96. The fourth-order valence-electron chi connectivity index (χ4n) is 3.73. The standard InChI is InChI=1S/C23H27N3O5S/c1-6-25(7-2)32(30,31)17-12-14(3)15(4)20(13-17)24-21(27)16(5)26-22(28)18-10-8-9-11-19(18)23(26)29/h8-13,16H,6-7H2,1-5H3,(H,24,27)/t16-/m1/s1. The topological polar surface area (TPSA) is 104 Å². The van der Waals surface area contributed by atoms with Crippen molar-refractivity contribution in [3.05, 3.63) is 58.7 Å². The molecule has 0 aliphatic carbocycles. The van der Waals surface area contributed by atoms with Gasteiger partial charge in [0.15, 0.2) is 0 Å². The number of nitrogens with zero attached hydrogens (tertiary/aromatic N) is 2. The van der Waals surface area contributed by atoms with Crippen LogP contribution in [-0.4, -0.2) is 54.5 Å². The summed E-state index contributed by atoms with van der Waals surface area (Å²) in [6, 6.07) is 8.34. The summed E-state index contributed by atoms with van der Waals surface area (Å²) in [5.74, 6) is -1.64. The number of amides is 3. The van der Waals surface area contributed by atoms with Crippen LogP contribution in [0.25, 0.3) is 0 Å². The molecular formula is C23H27N3O5S. The Morgan fingerprint density at radius 2 is 1.56 bits per heavy atom. The van der Waals surface area contributed by atoms with Gasteiger partial charge < -0.3 is 5.32 Å². The van der Waals surface area contributed by atoms with Crippen LogP contribution in [-0.2, 0) is 14.8 Å². The molecule has 0 saturated heterocycles. The molecule has 8 nitrogen and oxygen atoms in total. The van der Waals surface area contributed by atoms with Gasteiger partial charge in [-0.15, -0.1) is 0 Å². The average Bonchev–Trinajstić information content (AvgIpc) is 3.01. The van der Waals surface area contributed by atoms with E-state index in [-0.39, 0.29) is 16.0 Å². The van der Waals surface area contributed by atoms with Gasteiger partial charge in [0.25, 0.3) is 11.8 Å². The Labute approximate surface area is 188 Å². The first kappa shape index (κ1) is 23.6. The van der Waals surface area contributed by atoms with E-state index in [1.54, 1.807) is 58.0 Å². The van der Waals surface area contributed by atoms with Crippen molar-refractivity contribution in [1.29, 1.82) is 0 Å². The van der Waals surface area contributed by atoms with Crippen LogP contribution >= 0.6 is 0 Å². The van der Waals surface area contributed by atoms with Crippen LogP contribution in [0.2, 0.25) is 0 Å². The molecule has 0 bridgehead atoms. The molecule has 2 aromatic rings. The monoisotopic (exact) mass is 457 g/mol. The molecule has 2 aromatic carbocycles. The van der Waals surface area contributed by atoms with Crippen molar-refractivity contribution >= 4 is 33.4 Å². The van der Waals surface area contributed by atoms with Crippen molar-refractivity contribution in [3.8, 4) is 0 Å². The molecule has 1 N–H and O–H groups in total. The molecule has 9 heteroatoms. The average molecular weight is 458 g/mol. The molecule has 1 aliphatic heterocycles. The lowest BCUT2D eigenvalue weighted by Gasteiger charge is -2.23. The van der Waals surface area contributed by atoms with Crippen molar-refractivity contribution in [2.24, 2.45) is 0 Å². The zero-order valence-corrected chi connectivity index (χ0v) is 19.6. The lowest BCUT2D eigenvalue weighted by atomic mass is 10.1. The van der Waals surface area contributed by atoms with Crippen LogP contribution in [0.1, 0.15) is 52.6 Å². The SMILES string of the molecule is CCN(CC)S(=O)(=O)c1cc(C)c(C)c(NC(=O)[C@@H](C)N2C(=O)c3ccccc3C2=O)c1. The second-order valence-corrected chi connectivity index (χ2v) is 9.63. The summed E-state index contributed by atoms with van der Waals surface area (Å²) in [5, 5.41) is 2.72. The summed E-state index contributed by atoms with van der Waals surface area (Å²) >= 11 is 0. The van der Waals surface area contributed by atoms with Gasteiger partial charge in [0.2, 0.25) is 15.9 Å². The van der Waals surface area contributed by atoms with Gasteiger partial charge in [0, 0.05) is 18.8 Å². The normalized spacial score (nSPS) is 14.6. The molecule has 0 saturated carbocycles. The maximum absolute atomic E-state index is 13.0. The number of nitrogens with one attached hydrogen (secondary N) is 1. The van der Waals surface area contributed by atoms with Crippen LogP contribution in [0.5, 0.6) is 0 Å². The molecular weight excluding hydrogens is 430 g/mol. The third-order valence-corrected chi connectivity index (χ3v) is 7.86. The van der Waals surface area contributed by atoms with E-state index in [2.05, 4.69) is 5.32 Å². The van der Waals surface area contributed by atoms with Gasteiger partial charge in [-0.2, -0.15) is 4.31 Å². The Morgan fingerprint density at radius 3 is 2.06 bits per heavy atom. The molecule has 0 spiro atoms. The van der Waals surface area contributed by atoms with Gasteiger partial charge in [0.05, 0.1) is 16.0 Å². The number of benzene rings is 2. The Bertz CT molecular complexity index is 1170. The van der Waals surface area contributed by atoms with Gasteiger partial charge in [0.1, 0.15) is 6.04 Å². The van der Waals surface area contributed by atoms with Crippen LogP contribution < -0.4 is 5.32 Å². The summed E-state index contributed by atoms with van der Waals surface area (Å²) in [5.41, 5.74) is 2.24. The van der Waals surface area contributed by atoms with E-state index in [4.69, 9.17) is 0 Å². The number of hydrogen-bond acceptors (Lipinski definition) is 5. The second kappa shape index (κ2) is 8.84. The number of sulfonamides is 1. The Morgan fingerprint density at radius 1 is 1.03 bits per heavy atom. The highest BCUT2D eigenvalue weighted by molar-refractivity contribution is 7.89. The number of rotatable bonds is 7. The molecule has 32 heavy (non-hydrogen) atoms. The fraction of sp³-hybridized carbons (Fsp3) is 0.348. The minimum absolute atomic E-state index is 0.0768. The van der Waals surface area contributed by atoms with Gasteiger partial charge in [-0.3, -0.25) is 19.3 Å². The van der Waals surface area contributed by atoms with E-state index in [0.717, 1.165) is 4.90 Å². The number of carbonyl (C=O) groups is 3. The molecule has 0 unspecified atom stereocenters. The van der Waals surface area contributed by atoms with E-state index in [0.29, 0.717) is 29.9 Å². The van der Waals surface area contributed by atoms with E-state index < -0.39 is 33.8 Å². The lowest BCUT2D eigenvalue weighted by Crippen LogP contribution is -2.45. The Balaban J connectivity index is 1.91. The minimum Gasteiger partial charge on any atom is -0.324 e. The number of carbonyl (C=O) groups excluding carboxylic acids is 3. The third-order valence-electron chi connectivity index (χ3n) is 5.83. The van der Waals surface area contributed by atoms with Crippen molar-refractivity contribution in [2.45, 2.75) is 45.6 Å². The molecule has 1 atom stereocenters. The van der Waals surface area contributed by atoms with Crippen molar-refractivity contribution < 1.29 is 22.8 Å². The second-order valence-electron chi connectivity index (χ2n) is 7.69. The maximum Gasteiger partial charge on any atom is 0.262 e. The first-order valence-corrected chi connectivity index (χ1v) is 11.9. The van der Waals surface area contributed by atoms with Gasteiger partial charge >= 0.3 is 0 Å². The largest absolute Gasteiger partial charge is 0.324 e. The van der Waals surface area contributed by atoms with Crippen LogP contribution in [0.4, 0.5) is 5.69 Å². The highest BCUT2D eigenvalue weighted by atomic mass is 32.2. The molecule has 170 valence electrons. The summed E-state index contributed by atoms with van der Waals surface area (Å²) in [6.07, 6.45) is 0. The van der Waals surface area contributed by atoms with Gasteiger partial charge in [-0.25, -0.2) is 8.42 Å². The fourth-order valence-corrected chi connectivity index (χ4v) is 5.30. The van der Waals surface area contributed by atoms with E-state index in [1.165, 1.54) is 17.3 Å². The molecule has 0 radical (unpaired) electrons. The van der Waals surface area contributed by atoms with Gasteiger partial charge in [-0.1, -0.05) is 26.0 Å². The Hall–Kier alpha value is -3.04. The highest BCUT2D eigenvalue weighted by Crippen LogP contribution is 2.28. The highest BCUT2D eigenvalue weighted by Gasteiger charge is 2.40. The number of imide groups is 1. The molecule has 3 rings (SSSR count). The predicted molar refractivity (Wildman–Crippen MR) is 121 cm³/mol. The van der Waals surface area contributed by atoms with Crippen molar-refractivity contribution in [1.82, 2.24) is 9.21 Å². The van der Waals surface area contributed by atoms with E-state index in [1.807, 2.05) is 0 Å². The van der Waals surface area contributed by atoms with Crippen molar-refractivity contribution in [3.63, 3.8) is 0 Å². The zero-order chi connectivity index (χ0) is 23.8. The number of aryl methyl sites for hydroxylation is 1. The zero-order valence-electron chi connectivity index (χ0n) is 18.8. The Kier molecular flexibility index (Phi) is 6.52. The molecule has 0 aromatic heterocycles. The number of anilines is 1. The maximum atomic E-state index is 13.0. The first-order valence-electron chi connectivity index (χ1n) is 10.4. The minimum atomic E-state index is -3.73. The molecule has 1 heterocycles. The van der Waals surface area contributed by atoms with E-state index in [9.17, 15) is 22.8 Å². The van der Waals surface area contributed by atoms with Crippen LogP contribution in [0, 0.1) is 13.8 Å². The summed E-state index contributed by atoms with van der Waals surface area (Å²) in [6.45, 7) is 9.17. The molecule has 1 aliphatic rings. The first-order chi connectivity index (χ1) is 15.0. The third kappa shape index (κ3) is 3.93. The summed E-state index contributed by atoms with van der Waals surface area (Å²) in [4.78, 5) is 39.4. The van der Waals surface area contributed by atoms with Gasteiger partial charge in [-0.05, 0) is 56.2 Å². The number of fused-ring (bicyclic) bond motifs is 1. The smallest absolute Gasteiger partial charge is 0.262 e. The van der Waals surface area contributed by atoms with Crippen molar-refractivity contribution in [2.75, 3.05) is 18.4 Å². The number of hydrogen-bond donors (Lipinski definition) is 1. The van der Waals surface area contributed by atoms with E-state index >= 15 is 0 Å². The summed E-state index contributed by atoms with van der Waals surface area (Å²) < 4.78 is 27.3. The molecule has 3 amide bonds. The van der Waals surface area contributed by atoms with Crippen LogP contribution in [0.3, 0.4) is 0 Å². The molecule has 0 fully saturated rings. The summed E-state index contributed by atoms with van der Waals surface area (Å²) in [7, 11) is -3.73. The quantitative estimate of drug-likeness (QED) is 0.644. The lowest BCUT2D eigenvalue weighted by molar-refractivity contribution is -0.119.